The SMILES string of the molecule is Cc1nnc(NC(=O)CSc2ncc(-c3ccc(Br)cc3)n2-c2ccc(Cl)cc2)s1. The van der Waals surface area contributed by atoms with Crippen molar-refractivity contribution in [3.8, 4) is 16.9 Å². The molecular weight excluding hydrogens is 506 g/mol. The van der Waals surface area contributed by atoms with Gasteiger partial charge in [-0.1, -0.05) is 62.8 Å². The van der Waals surface area contributed by atoms with Crippen molar-refractivity contribution in [2.75, 3.05) is 11.1 Å². The number of carbonyl (C=O) groups excluding carboxylic acids is 1. The lowest BCUT2D eigenvalue weighted by Gasteiger charge is -2.12. The molecule has 0 saturated heterocycles. The molecule has 4 aromatic rings. The number of halogens is 2. The van der Waals surface area contributed by atoms with Crippen LogP contribution in [0.15, 0.2) is 64.4 Å². The lowest BCUT2D eigenvalue weighted by molar-refractivity contribution is -0.113. The van der Waals surface area contributed by atoms with Crippen LogP contribution in [-0.2, 0) is 4.79 Å². The number of aryl methyl sites for hydroxylation is 1. The molecule has 0 atom stereocenters. The molecule has 0 bridgehead atoms. The molecule has 0 fully saturated rings. The molecule has 0 unspecified atom stereocenters. The summed E-state index contributed by atoms with van der Waals surface area (Å²) in [5.41, 5.74) is 2.85. The Morgan fingerprint density at radius 3 is 2.57 bits per heavy atom. The average molecular weight is 521 g/mol. The molecule has 0 aliphatic rings. The third-order valence-electron chi connectivity index (χ3n) is 4.06. The number of nitrogens with zero attached hydrogens (tertiary/aromatic N) is 4. The van der Waals surface area contributed by atoms with Gasteiger partial charge >= 0.3 is 0 Å². The molecule has 0 saturated carbocycles. The minimum absolute atomic E-state index is 0.160. The number of carbonyl (C=O) groups is 1. The molecule has 2 aromatic carbocycles. The van der Waals surface area contributed by atoms with Gasteiger partial charge in [0.15, 0.2) is 5.16 Å². The lowest BCUT2D eigenvalue weighted by atomic mass is 10.1. The topological polar surface area (TPSA) is 72.7 Å². The van der Waals surface area contributed by atoms with E-state index in [0.29, 0.717) is 15.3 Å². The Hall–Kier alpha value is -2.20. The fraction of sp³-hybridized carbons (Fsp3) is 0.100. The summed E-state index contributed by atoms with van der Waals surface area (Å²) in [6, 6.07) is 15.5. The molecule has 0 aliphatic carbocycles. The molecule has 4 rings (SSSR count). The van der Waals surface area contributed by atoms with E-state index >= 15 is 0 Å². The van der Waals surface area contributed by atoms with E-state index in [2.05, 4.69) is 36.4 Å². The third-order valence-corrected chi connectivity index (χ3v) is 6.55. The molecule has 1 amide bonds. The van der Waals surface area contributed by atoms with Crippen molar-refractivity contribution in [3.05, 3.63) is 69.2 Å². The molecular formula is C20H15BrClN5OS2. The number of hydrogen-bond acceptors (Lipinski definition) is 6. The molecule has 0 radical (unpaired) electrons. The van der Waals surface area contributed by atoms with E-state index in [1.807, 2.05) is 66.2 Å². The monoisotopic (exact) mass is 519 g/mol. The zero-order valence-electron chi connectivity index (χ0n) is 15.7. The van der Waals surface area contributed by atoms with Crippen molar-refractivity contribution >= 4 is 61.7 Å². The van der Waals surface area contributed by atoms with Crippen LogP contribution in [0.4, 0.5) is 5.13 Å². The van der Waals surface area contributed by atoms with Gasteiger partial charge in [0, 0.05) is 20.7 Å². The lowest BCUT2D eigenvalue weighted by Crippen LogP contribution is -2.14. The normalized spacial score (nSPS) is 10.9. The van der Waals surface area contributed by atoms with Gasteiger partial charge < -0.3 is 0 Å². The Bertz CT molecular complexity index is 1170. The first-order valence-electron chi connectivity index (χ1n) is 8.82. The van der Waals surface area contributed by atoms with Gasteiger partial charge in [-0.2, -0.15) is 0 Å². The van der Waals surface area contributed by atoms with E-state index in [1.54, 1.807) is 0 Å². The summed E-state index contributed by atoms with van der Waals surface area (Å²) in [6.45, 7) is 1.84. The summed E-state index contributed by atoms with van der Waals surface area (Å²) in [6.07, 6.45) is 1.81. The molecule has 0 spiro atoms. The van der Waals surface area contributed by atoms with Crippen molar-refractivity contribution in [2.24, 2.45) is 0 Å². The van der Waals surface area contributed by atoms with Gasteiger partial charge in [0.1, 0.15) is 5.01 Å². The van der Waals surface area contributed by atoms with E-state index in [4.69, 9.17) is 11.6 Å². The van der Waals surface area contributed by atoms with Gasteiger partial charge in [-0.25, -0.2) is 4.98 Å². The fourth-order valence-electron chi connectivity index (χ4n) is 2.73. The van der Waals surface area contributed by atoms with Crippen LogP contribution in [0, 0.1) is 6.92 Å². The van der Waals surface area contributed by atoms with Crippen LogP contribution in [-0.4, -0.2) is 31.4 Å². The maximum absolute atomic E-state index is 12.3. The third kappa shape index (κ3) is 4.92. The molecule has 152 valence electrons. The van der Waals surface area contributed by atoms with Crippen molar-refractivity contribution < 1.29 is 4.79 Å². The van der Waals surface area contributed by atoms with E-state index in [-0.39, 0.29) is 11.7 Å². The Labute approximate surface area is 194 Å². The highest BCUT2D eigenvalue weighted by atomic mass is 79.9. The van der Waals surface area contributed by atoms with Crippen LogP contribution in [0.3, 0.4) is 0 Å². The second-order valence-electron chi connectivity index (χ2n) is 6.21. The summed E-state index contributed by atoms with van der Waals surface area (Å²) in [4.78, 5) is 16.9. The highest BCUT2D eigenvalue weighted by Crippen LogP contribution is 2.31. The number of anilines is 1. The van der Waals surface area contributed by atoms with Crippen LogP contribution < -0.4 is 5.32 Å². The summed E-state index contributed by atoms with van der Waals surface area (Å²) < 4.78 is 3.02. The summed E-state index contributed by atoms with van der Waals surface area (Å²) in [5.74, 6) is 0.0372. The van der Waals surface area contributed by atoms with Gasteiger partial charge in [0.2, 0.25) is 11.0 Å². The molecule has 10 heteroatoms. The number of aromatic nitrogens is 4. The molecule has 2 aromatic heterocycles. The summed E-state index contributed by atoms with van der Waals surface area (Å²) in [7, 11) is 0. The Balaban J connectivity index is 1.61. The van der Waals surface area contributed by atoms with E-state index in [0.717, 1.165) is 26.4 Å². The predicted octanol–water partition coefficient (Wildman–Crippen LogP) is 5.85. The van der Waals surface area contributed by atoms with Gasteiger partial charge in [-0.3, -0.25) is 14.7 Å². The van der Waals surface area contributed by atoms with Gasteiger partial charge in [-0.15, -0.1) is 10.2 Å². The maximum atomic E-state index is 12.3. The van der Waals surface area contributed by atoms with Crippen LogP contribution in [0.25, 0.3) is 16.9 Å². The van der Waals surface area contributed by atoms with Gasteiger partial charge in [0.05, 0.1) is 17.6 Å². The summed E-state index contributed by atoms with van der Waals surface area (Å²) >= 11 is 12.2. The summed E-state index contributed by atoms with van der Waals surface area (Å²) in [5, 5.41) is 13.3. The zero-order valence-corrected chi connectivity index (χ0v) is 19.6. The maximum Gasteiger partial charge on any atom is 0.236 e. The van der Waals surface area contributed by atoms with Crippen molar-refractivity contribution in [1.29, 1.82) is 0 Å². The quantitative estimate of drug-likeness (QED) is 0.323. The Morgan fingerprint density at radius 2 is 1.90 bits per heavy atom. The first-order chi connectivity index (χ1) is 14.5. The number of rotatable bonds is 6. The Morgan fingerprint density at radius 1 is 1.17 bits per heavy atom. The van der Waals surface area contributed by atoms with Gasteiger partial charge in [-0.05, 0) is 43.3 Å². The van der Waals surface area contributed by atoms with Crippen LogP contribution in [0.5, 0.6) is 0 Å². The molecule has 2 heterocycles. The predicted molar refractivity (Wildman–Crippen MR) is 126 cm³/mol. The fourth-order valence-corrected chi connectivity index (χ4v) is 4.52. The van der Waals surface area contributed by atoms with Crippen molar-refractivity contribution in [2.45, 2.75) is 12.1 Å². The highest BCUT2D eigenvalue weighted by Gasteiger charge is 2.16. The first kappa shape index (κ1) is 21.0. The number of hydrogen-bond donors (Lipinski definition) is 1. The minimum Gasteiger partial charge on any atom is -0.300 e. The van der Waals surface area contributed by atoms with Crippen molar-refractivity contribution in [3.63, 3.8) is 0 Å². The number of amides is 1. The number of thioether (sulfide) groups is 1. The number of benzene rings is 2. The second-order valence-corrected chi connectivity index (χ2v) is 9.68. The van der Waals surface area contributed by atoms with E-state index in [1.165, 1.54) is 23.1 Å². The van der Waals surface area contributed by atoms with Crippen LogP contribution >= 0.6 is 50.6 Å². The average Bonchev–Trinajstić information content (AvgIpc) is 3.34. The van der Waals surface area contributed by atoms with Gasteiger partial charge in [0.25, 0.3) is 0 Å². The van der Waals surface area contributed by atoms with Crippen LogP contribution in [0.2, 0.25) is 5.02 Å². The molecule has 6 nitrogen and oxygen atoms in total. The highest BCUT2D eigenvalue weighted by molar-refractivity contribution is 9.10. The largest absolute Gasteiger partial charge is 0.300 e. The number of nitrogens with one attached hydrogen (secondary N) is 1. The standard InChI is InChI=1S/C20H15BrClN5OS2/c1-12-25-26-19(30-12)24-18(28)11-29-20-23-10-17(13-2-4-14(21)5-3-13)27(20)16-8-6-15(22)7-9-16/h2-10H,11H2,1H3,(H,24,26,28). The first-order valence-corrected chi connectivity index (χ1v) is 11.8. The van der Waals surface area contributed by atoms with Crippen molar-refractivity contribution in [1.82, 2.24) is 19.7 Å². The van der Waals surface area contributed by atoms with E-state index in [9.17, 15) is 4.79 Å². The number of imidazole rings is 1. The molecule has 0 aliphatic heterocycles. The molecule has 1 N–H and O–H groups in total. The smallest absolute Gasteiger partial charge is 0.236 e. The Kier molecular flexibility index (Phi) is 6.52. The minimum atomic E-state index is -0.160. The van der Waals surface area contributed by atoms with Crippen LogP contribution in [0.1, 0.15) is 5.01 Å². The van der Waals surface area contributed by atoms with E-state index < -0.39 is 0 Å². The molecule has 30 heavy (non-hydrogen) atoms. The second kappa shape index (κ2) is 9.30. The zero-order chi connectivity index (χ0) is 21.1.